The van der Waals surface area contributed by atoms with Crippen molar-refractivity contribution in [2.24, 2.45) is 17.1 Å². The average Bonchev–Trinajstić information content (AvgIpc) is 2.84. The van der Waals surface area contributed by atoms with Crippen LogP contribution in [0.4, 0.5) is 0 Å². The summed E-state index contributed by atoms with van der Waals surface area (Å²) in [5.41, 5.74) is 7.11. The third kappa shape index (κ3) is 3.46. The van der Waals surface area contributed by atoms with E-state index < -0.39 is 11.4 Å². The Kier molecular flexibility index (Phi) is 5.04. The molecule has 0 bridgehead atoms. The van der Waals surface area contributed by atoms with Crippen molar-refractivity contribution in [3.05, 3.63) is 17.7 Å². The lowest BCUT2D eigenvalue weighted by atomic mass is 9.71. The summed E-state index contributed by atoms with van der Waals surface area (Å²) in [5.74, 6) is -0.0346. The molecule has 5 nitrogen and oxygen atoms in total. The van der Waals surface area contributed by atoms with E-state index in [1.165, 1.54) is 5.69 Å². The molecule has 1 atom stereocenters. The van der Waals surface area contributed by atoms with Gasteiger partial charge < -0.3 is 15.4 Å². The molecule has 0 aromatic carbocycles. The van der Waals surface area contributed by atoms with Crippen molar-refractivity contribution in [3.63, 3.8) is 0 Å². The molecule has 5 heteroatoms. The van der Waals surface area contributed by atoms with Gasteiger partial charge >= 0.3 is 5.97 Å². The Morgan fingerprint density at radius 2 is 2.33 bits per heavy atom. The molecule has 0 fully saturated rings. The van der Waals surface area contributed by atoms with Crippen molar-refractivity contribution >= 4 is 5.97 Å². The predicted octanol–water partition coefficient (Wildman–Crippen LogP) is 2.23. The molecule has 0 amide bonds. The number of nitrogens with zero attached hydrogens (tertiary/aromatic N) is 2. The molecule has 118 valence electrons. The van der Waals surface area contributed by atoms with Gasteiger partial charge in [0.2, 0.25) is 0 Å². The second-order valence-corrected chi connectivity index (χ2v) is 6.67. The first-order valence-electron chi connectivity index (χ1n) is 7.95. The number of nitrogens with two attached hydrogens (primary N) is 1. The zero-order chi connectivity index (χ0) is 15.5. The van der Waals surface area contributed by atoms with Crippen molar-refractivity contribution in [2.75, 3.05) is 6.54 Å². The molecule has 0 saturated carbocycles. The third-order valence-electron chi connectivity index (χ3n) is 4.64. The van der Waals surface area contributed by atoms with Crippen LogP contribution in [0.3, 0.4) is 0 Å². The smallest absolute Gasteiger partial charge is 0.310 e. The van der Waals surface area contributed by atoms with E-state index >= 15 is 0 Å². The summed E-state index contributed by atoms with van der Waals surface area (Å²) >= 11 is 0. The van der Waals surface area contributed by atoms with Gasteiger partial charge in [0.15, 0.2) is 0 Å². The molecule has 1 aliphatic carbocycles. The van der Waals surface area contributed by atoms with Gasteiger partial charge in [-0.1, -0.05) is 13.8 Å². The molecular weight excluding hydrogens is 266 g/mol. The summed E-state index contributed by atoms with van der Waals surface area (Å²) in [6.45, 7) is 5.95. The molecule has 0 radical (unpaired) electrons. The highest BCUT2D eigenvalue weighted by Gasteiger charge is 2.42. The standard InChI is InChI=1S/C16H27N3O2/c1-12(2)5-9-19-11-18-13-10-16(15(20)21,6-3-8-17)7-4-14(13)19/h11-12H,3-10,17H2,1-2H3,(H,20,21)/t16-/m1/s1. The fraction of sp³-hybridized carbons (Fsp3) is 0.750. The molecule has 1 aromatic rings. The number of carboxylic acids is 1. The Balaban J connectivity index is 2.14. The number of rotatable bonds is 7. The monoisotopic (exact) mass is 293 g/mol. The van der Waals surface area contributed by atoms with Gasteiger partial charge in [-0.25, -0.2) is 4.98 Å². The topological polar surface area (TPSA) is 81.1 Å². The average molecular weight is 293 g/mol. The number of aromatic nitrogens is 2. The Morgan fingerprint density at radius 3 is 2.95 bits per heavy atom. The molecule has 2 rings (SSSR count). The van der Waals surface area contributed by atoms with E-state index in [9.17, 15) is 9.90 Å². The molecule has 0 aliphatic heterocycles. The normalized spacial score (nSPS) is 21.5. The van der Waals surface area contributed by atoms with Gasteiger partial charge in [0.25, 0.3) is 0 Å². The maximum atomic E-state index is 11.7. The highest BCUT2D eigenvalue weighted by molar-refractivity contribution is 5.75. The maximum Gasteiger partial charge on any atom is 0.310 e. The summed E-state index contributed by atoms with van der Waals surface area (Å²) in [7, 11) is 0. The molecular formula is C16H27N3O2. The summed E-state index contributed by atoms with van der Waals surface area (Å²) in [6, 6.07) is 0. The van der Waals surface area contributed by atoms with Crippen LogP contribution in [0.25, 0.3) is 0 Å². The Hall–Kier alpha value is -1.36. The van der Waals surface area contributed by atoms with Crippen LogP contribution in [0.2, 0.25) is 0 Å². The second kappa shape index (κ2) is 6.60. The summed E-state index contributed by atoms with van der Waals surface area (Å²) in [5, 5.41) is 9.65. The number of aliphatic carboxylic acids is 1. The van der Waals surface area contributed by atoms with Crippen molar-refractivity contribution in [3.8, 4) is 0 Å². The van der Waals surface area contributed by atoms with Crippen LogP contribution in [-0.4, -0.2) is 27.2 Å². The van der Waals surface area contributed by atoms with Crippen LogP contribution >= 0.6 is 0 Å². The number of carbonyl (C=O) groups is 1. The van der Waals surface area contributed by atoms with Crippen LogP contribution in [-0.2, 0) is 24.2 Å². The highest BCUT2D eigenvalue weighted by atomic mass is 16.4. The summed E-state index contributed by atoms with van der Waals surface area (Å²) < 4.78 is 2.21. The van der Waals surface area contributed by atoms with Crippen LogP contribution < -0.4 is 5.73 Å². The highest BCUT2D eigenvalue weighted by Crippen LogP contribution is 2.39. The number of imidazole rings is 1. The molecule has 1 aromatic heterocycles. The Morgan fingerprint density at radius 1 is 1.57 bits per heavy atom. The van der Waals surface area contributed by atoms with Gasteiger partial charge in [0, 0.05) is 18.7 Å². The van der Waals surface area contributed by atoms with E-state index in [4.69, 9.17) is 5.73 Å². The molecule has 1 heterocycles. The van der Waals surface area contributed by atoms with Gasteiger partial charge in [-0.3, -0.25) is 4.79 Å². The second-order valence-electron chi connectivity index (χ2n) is 6.67. The fourth-order valence-corrected chi connectivity index (χ4v) is 3.18. The van der Waals surface area contributed by atoms with Crippen LogP contribution in [0.1, 0.15) is 50.9 Å². The lowest BCUT2D eigenvalue weighted by molar-refractivity contribution is -0.150. The van der Waals surface area contributed by atoms with Gasteiger partial charge in [-0.2, -0.15) is 0 Å². The van der Waals surface area contributed by atoms with Crippen molar-refractivity contribution in [1.82, 2.24) is 9.55 Å². The van der Waals surface area contributed by atoms with Gasteiger partial charge in [-0.15, -0.1) is 0 Å². The minimum absolute atomic E-state index is 0.546. The first-order valence-corrected chi connectivity index (χ1v) is 7.95. The van der Waals surface area contributed by atoms with E-state index in [-0.39, 0.29) is 0 Å². The van der Waals surface area contributed by atoms with E-state index in [0.29, 0.717) is 31.7 Å². The molecule has 21 heavy (non-hydrogen) atoms. The third-order valence-corrected chi connectivity index (χ3v) is 4.64. The first-order chi connectivity index (χ1) is 9.98. The number of carboxylic acid groups (broad SMARTS) is 1. The predicted molar refractivity (Wildman–Crippen MR) is 82.1 cm³/mol. The lowest BCUT2D eigenvalue weighted by Crippen LogP contribution is -2.38. The van der Waals surface area contributed by atoms with Gasteiger partial charge in [0.1, 0.15) is 0 Å². The van der Waals surface area contributed by atoms with E-state index in [1.807, 2.05) is 6.33 Å². The summed E-state index contributed by atoms with van der Waals surface area (Å²) in [4.78, 5) is 16.2. The maximum absolute atomic E-state index is 11.7. The molecule has 0 spiro atoms. The number of hydrogen-bond acceptors (Lipinski definition) is 3. The van der Waals surface area contributed by atoms with Crippen LogP contribution in [0.15, 0.2) is 6.33 Å². The number of fused-ring (bicyclic) bond motifs is 1. The van der Waals surface area contributed by atoms with Crippen molar-refractivity contribution in [1.29, 1.82) is 0 Å². The zero-order valence-corrected chi connectivity index (χ0v) is 13.1. The van der Waals surface area contributed by atoms with E-state index in [2.05, 4.69) is 23.4 Å². The summed E-state index contributed by atoms with van der Waals surface area (Å²) in [6.07, 6.45) is 6.47. The molecule has 0 unspecified atom stereocenters. The van der Waals surface area contributed by atoms with Gasteiger partial charge in [0.05, 0.1) is 17.4 Å². The zero-order valence-electron chi connectivity index (χ0n) is 13.1. The molecule has 1 aliphatic rings. The van der Waals surface area contributed by atoms with Crippen LogP contribution in [0, 0.1) is 11.3 Å². The Labute approximate surface area is 126 Å². The molecule has 0 saturated heterocycles. The first kappa shape index (κ1) is 16.0. The quantitative estimate of drug-likeness (QED) is 0.807. The van der Waals surface area contributed by atoms with Crippen molar-refractivity contribution in [2.45, 2.75) is 58.9 Å². The minimum Gasteiger partial charge on any atom is -0.481 e. The fourth-order valence-electron chi connectivity index (χ4n) is 3.18. The van der Waals surface area contributed by atoms with E-state index in [0.717, 1.165) is 31.5 Å². The van der Waals surface area contributed by atoms with Gasteiger partial charge in [-0.05, 0) is 44.6 Å². The SMILES string of the molecule is CC(C)CCn1cnc2c1CC[C@@](CCCN)(C(=O)O)C2. The largest absolute Gasteiger partial charge is 0.481 e. The van der Waals surface area contributed by atoms with Crippen molar-refractivity contribution < 1.29 is 9.90 Å². The number of aryl methyl sites for hydroxylation is 1. The van der Waals surface area contributed by atoms with E-state index in [1.54, 1.807) is 0 Å². The minimum atomic E-state index is -0.696. The van der Waals surface area contributed by atoms with Crippen LogP contribution in [0.5, 0.6) is 0 Å². The number of hydrogen-bond donors (Lipinski definition) is 2. The Bertz CT molecular complexity index is 496. The molecule has 3 N–H and O–H groups in total. The lowest BCUT2D eigenvalue weighted by Gasteiger charge is -2.33.